The molecule has 2 aliphatic heterocycles. The highest BCUT2D eigenvalue weighted by Crippen LogP contribution is 2.71. The smallest absolute Gasteiger partial charge is 0.411 e. The predicted octanol–water partition coefficient (Wildman–Crippen LogP) is 4.59. The number of alkyl halides is 2. The van der Waals surface area contributed by atoms with E-state index in [2.05, 4.69) is 38.4 Å². The number of likely N-dealkylation sites (tertiary alicyclic amines) is 2. The van der Waals surface area contributed by atoms with Crippen molar-refractivity contribution in [2.24, 2.45) is 5.41 Å². The Morgan fingerprint density at radius 3 is 1.71 bits per heavy atom. The van der Waals surface area contributed by atoms with Gasteiger partial charge in [0.05, 0.1) is 3.23 Å². The van der Waals surface area contributed by atoms with E-state index in [9.17, 15) is 24.3 Å². The molecule has 0 aromatic heterocycles. The number of rotatable bonds is 2. The molecule has 0 aromatic rings. The minimum absolute atomic E-state index is 0.201. The van der Waals surface area contributed by atoms with E-state index in [1.807, 2.05) is 0 Å². The standard InChI is InChI=1S/C12H17Br2NO4.C11H17NO4/c1-10(2,3)19-9(18)15-6-11(5-12(11,13)14)4-7(15)8(16)17;1-7-5-8(9(13)14)12(6-7)10(15)16-11(2,3)4/h7H,4-6H2,1-3H3,(H,16,17);8H,1,5-6H2,2-4H3,(H,13,14)/t7-,11?;8-/m00/s1. The number of carboxylic acid groups (broad SMARTS) is 2. The third-order valence-corrected chi connectivity index (χ3v) is 7.97. The molecule has 1 aliphatic carbocycles. The van der Waals surface area contributed by atoms with Crippen LogP contribution in [-0.2, 0) is 19.1 Å². The summed E-state index contributed by atoms with van der Waals surface area (Å²) in [7, 11) is 0. The van der Waals surface area contributed by atoms with Crippen molar-refractivity contribution < 1.29 is 38.9 Å². The SMILES string of the molecule is C=C1C[C@@H](C(=O)O)N(C(=O)OC(C)(C)C)C1.CC(C)(C)OC(=O)N1CC2(C[C@H]1C(=O)O)CC2(Br)Br. The van der Waals surface area contributed by atoms with E-state index in [1.165, 1.54) is 9.80 Å². The highest BCUT2D eigenvalue weighted by molar-refractivity contribution is 9.25. The van der Waals surface area contributed by atoms with Gasteiger partial charge < -0.3 is 19.7 Å². The predicted molar refractivity (Wildman–Crippen MR) is 135 cm³/mol. The second kappa shape index (κ2) is 9.91. The van der Waals surface area contributed by atoms with Crippen LogP contribution in [0.2, 0.25) is 0 Å². The van der Waals surface area contributed by atoms with Crippen molar-refractivity contribution in [3.8, 4) is 0 Å². The van der Waals surface area contributed by atoms with Crippen LogP contribution in [-0.4, -0.2) is 83.7 Å². The van der Waals surface area contributed by atoms with Crippen LogP contribution in [0.4, 0.5) is 9.59 Å². The van der Waals surface area contributed by atoms with E-state index in [0.29, 0.717) is 19.4 Å². The number of hydrogen-bond donors (Lipinski definition) is 2. The Bertz CT molecular complexity index is 908. The summed E-state index contributed by atoms with van der Waals surface area (Å²) in [5.74, 6) is -2.00. The third kappa shape index (κ3) is 7.34. The molecule has 35 heavy (non-hydrogen) atoms. The Hall–Kier alpha value is -1.82. The number of nitrogens with zero attached hydrogens (tertiary/aromatic N) is 2. The summed E-state index contributed by atoms with van der Waals surface area (Å²) in [6.45, 7) is 14.9. The van der Waals surface area contributed by atoms with Gasteiger partial charge in [0.2, 0.25) is 0 Å². The van der Waals surface area contributed by atoms with Gasteiger partial charge in [0.1, 0.15) is 23.3 Å². The van der Waals surface area contributed by atoms with Crippen molar-refractivity contribution in [1.29, 1.82) is 0 Å². The van der Waals surface area contributed by atoms with Gasteiger partial charge >= 0.3 is 24.1 Å². The average molecular weight is 626 g/mol. The first-order chi connectivity index (χ1) is 15.7. The lowest BCUT2D eigenvalue weighted by molar-refractivity contribution is -0.142. The minimum atomic E-state index is -1.02. The normalized spacial score (nSPS) is 27.3. The molecule has 3 rings (SSSR count). The van der Waals surface area contributed by atoms with E-state index in [-0.39, 0.29) is 15.2 Å². The quantitative estimate of drug-likeness (QED) is 0.336. The molecule has 1 unspecified atom stereocenters. The monoisotopic (exact) mass is 624 g/mol. The van der Waals surface area contributed by atoms with Crippen molar-refractivity contribution in [3.05, 3.63) is 12.2 Å². The maximum atomic E-state index is 12.1. The number of ether oxygens (including phenoxy) is 2. The summed E-state index contributed by atoms with van der Waals surface area (Å²) in [4.78, 5) is 48.6. The van der Waals surface area contributed by atoms with Crippen molar-refractivity contribution >= 4 is 56.0 Å². The number of amides is 2. The van der Waals surface area contributed by atoms with Crippen LogP contribution in [0, 0.1) is 5.41 Å². The molecule has 2 heterocycles. The lowest BCUT2D eigenvalue weighted by Gasteiger charge is -2.26. The Balaban J connectivity index is 0.000000251. The number of hydrogen-bond acceptors (Lipinski definition) is 6. The highest BCUT2D eigenvalue weighted by atomic mass is 79.9. The molecule has 3 fully saturated rings. The topological polar surface area (TPSA) is 134 Å². The summed E-state index contributed by atoms with van der Waals surface area (Å²) >= 11 is 7.06. The zero-order chi connectivity index (χ0) is 27.1. The number of carbonyl (C=O) groups excluding carboxylic acids is 2. The van der Waals surface area contributed by atoms with Gasteiger partial charge in [-0.3, -0.25) is 9.80 Å². The van der Waals surface area contributed by atoms with Gasteiger partial charge in [-0.2, -0.15) is 0 Å². The second-order valence-electron chi connectivity index (χ2n) is 11.2. The van der Waals surface area contributed by atoms with Crippen LogP contribution >= 0.6 is 31.9 Å². The van der Waals surface area contributed by atoms with Gasteiger partial charge in [-0.05, 0) is 54.4 Å². The zero-order valence-electron chi connectivity index (χ0n) is 20.9. The van der Waals surface area contributed by atoms with Crippen LogP contribution in [0.3, 0.4) is 0 Å². The number of halogens is 2. The van der Waals surface area contributed by atoms with Crippen molar-refractivity contribution in [2.75, 3.05) is 13.1 Å². The molecular formula is C23H34Br2N2O8. The molecule has 1 spiro atoms. The molecule has 198 valence electrons. The van der Waals surface area contributed by atoms with Crippen LogP contribution in [0.15, 0.2) is 12.2 Å². The van der Waals surface area contributed by atoms with Crippen LogP contribution < -0.4 is 0 Å². The zero-order valence-corrected chi connectivity index (χ0v) is 24.1. The lowest BCUT2D eigenvalue weighted by Crippen LogP contribution is -2.43. The summed E-state index contributed by atoms with van der Waals surface area (Å²) < 4.78 is 10.2. The molecule has 3 aliphatic rings. The molecule has 0 aromatic carbocycles. The first-order valence-electron chi connectivity index (χ1n) is 11.2. The summed E-state index contributed by atoms with van der Waals surface area (Å²) in [6.07, 6.45) is 0.397. The molecule has 1 saturated carbocycles. The lowest BCUT2D eigenvalue weighted by atomic mass is 10.0. The van der Waals surface area contributed by atoms with Gasteiger partial charge in [0.15, 0.2) is 0 Å². The maximum Gasteiger partial charge on any atom is 0.411 e. The molecule has 0 radical (unpaired) electrons. The molecule has 12 heteroatoms. The van der Waals surface area contributed by atoms with Crippen LogP contribution in [0.5, 0.6) is 0 Å². The van der Waals surface area contributed by atoms with E-state index >= 15 is 0 Å². The van der Waals surface area contributed by atoms with Crippen molar-refractivity contribution in [2.45, 2.75) is 87.3 Å². The summed E-state index contributed by atoms with van der Waals surface area (Å²) in [6, 6.07) is -1.66. The van der Waals surface area contributed by atoms with E-state index < -0.39 is 47.4 Å². The van der Waals surface area contributed by atoms with E-state index in [1.54, 1.807) is 41.5 Å². The third-order valence-electron chi connectivity index (χ3n) is 5.72. The molecule has 2 N–H and O–H groups in total. The molecular weight excluding hydrogens is 592 g/mol. The fourth-order valence-electron chi connectivity index (χ4n) is 4.02. The van der Waals surface area contributed by atoms with Gasteiger partial charge in [-0.1, -0.05) is 44.0 Å². The van der Waals surface area contributed by atoms with Crippen molar-refractivity contribution in [1.82, 2.24) is 9.80 Å². The Kier molecular flexibility index (Phi) is 8.33. The molecule has 3 atom stereocenters. The van der Waals surface area contributed by atoms with E-state index in [0.717, 1.165) is 12.0 Å². The van der Waals surface area contributed by atoms with Gasteiger partial charge in [0.25, 0.3) is 0 Å². The molecule has 2 saturated heterocycles. The fraction of sp³-hybridized carbons (Fsp3) is 0.739. The average Bonchev–Trinajstić information content (AvgIpc) is 2.99. The molecule has 0 bridgehead atoms. The Morgan fingerprint density at radius 2 is 1.34 bits per heavy atom. The maximum absolute atomic E-state index is 12.1. The van der Waals surface area contributed by atoms with Crippen molar-refractivity contribution in [3.63, 3.8) is 0 Å². The first-order valence-corrected chi connectivity index (χ1v) is 12.8. The number of carboxylic acids is 2. The highest BCUT2D eigenvalue weighted by Gasteiger charge is 2.70. The van der Waals surface area contributed by atoms with Gasteiger partial charge in [-0.15, -0.1) is 0 Å². The molecule has 2 amide bonds. The first kappa shape index (κ1) is 29.4. The summed E-state index contributed by atoms with van der Waals surface area (Å²) in [5, 5.41) is 18.2. The van der Waals surface area contributed by atoms with Gasteiger partial charge in [-0.25, -0.2) is 19.2 Å². The minimum Gasteiger partial charge on any atom is -0.480 e. The van der Waals surface area contributed by atoms with Gasteiger partial charge in [0, 0.05) is 24.9 Å². The number of aliphatic carboxylic acids is 2. The number of carbonyl (C=O) groups is 4. The van der Waals surface area contributed by atoms with E-state index in [4.69, 9.17) is 14.6 Å². The molecule has 10 nitrogen and oxygen atoms in total. The largest absolute Gasteiger partial charge is 0.480 e. The Labute approximate surface area is 222 Å². The van der Waals surface area contributed by atoms with Crippen LogP contribution in [0.1, 0.15) is 60.8 Å². The summed E-state index contributed by atoms with van der Waals surface area (Å²) in [5.41, 5.74) is -0.714. The second-order valence-corrected chi connectivity index (χ2v) is 15.0. The fourth-order valence-corrected chi connectivity index (χ4v) is 5.67. The van der Waals surface area contributed by atoms with Crippen LogP contribution in [0.25, 0.3) is 0 Å². The Morgan fingerprint density at radius 1 is 0.914 bits per heavy atom.